The molecule has 12 heavy (non-hydrogen) atoms. The summed E-state index contributed by atoms with van der Waals surface area (Å²) in [6, 6.07) is 1.97. The number of hydrogen-bond donors (Lipinski definition) is 0. The van der Waals surface area contributed by atoms with E-state index in [1.165, 1.54) is 0 Å². The number of aromatic nitrogens is 3. The Hall–Kier alpha value is -1.78. The molecule has 0 bridgehead atoms. The van der Waals surface area contributed by atoms with Gasteiger partial charge in [-0.05, 0) is 6.07 Å². The van der Waals surface area contributed by atoms with Crippen LogP contribution in [0.1, 0.15) is 0 Å². The number of pyridine rings is 1. The van der Waals surface area contributed by atoms with E-state index in [2.05, 4.69) is 20.4 Å². The fraction of sp³-hybridized carbons (Fsp3) is 0.143. The van der Waals surface area contributed by atoms with Crippen LogP contribution in [0.25, 0.3) is 11.3 Å². The number of azo groups is 1. The van der Waals surface area contributed by atoms with Crippen molar-refractivity contribution in [2.75, 3.05) is 0 Å². The molecule has 0 aliphatic carbocycles. The Morgan fingerprint density at radius 2 is 2.42 bits per heavy atom. The highest BCUT2D eigenvalue weighted by Gasteiger charge is 2.16. The second-order valence-electron chi connectivity index (χ2n) is 2.64. The minimum Gasteiger partial charge on any atom is -0.308 e. The third-order valence-corrected chi connectivity index (χ3v) is 1.93. The lowest BCUT2D eigenvalue weighted by Gasteiger charge is -2.02. The third kappa shape index (κ3) is 0.578. The molecule has 3 aliphatic rings. The van der Waals surface area contributed by atoms with Crippen molar-refractivity contribution in [3.63, 3.8) is 0 Å². The van der Waals surface area contributed by atoms with Gasteiger partial charge in [0.25, 0.3) is 0 Å². The van der Waals surface area contributed by atoms with Crippen LogP contribution in [0.4, 0.5) is 5.82 Å². The van der Waals surface area contributed by atoms with Gasteiger partial charge in [0.2, 0.25) is 0 Å². The van der Waals surface area contributed by atoms with Crippen LogP contribution in [0.5, 0.6) is 0 Å². The summed E-state index contributed by atoms with van der Waals surface area (Å²) in [5.41, 5.74) is 1.85. The first kappa shape index (κ1) is 5.82. The molecule has 0 aromatic heterocycles. The van der Waals surface area contributed by atoms with Crippen molar-refractivity contribution in [3.8, 4) is 11.3 Å². The number of hydrogen-bond acceptors (Lipinski definition) is 4. The molecule has 5 nitrogen and oxygen atoms in total. The van der Waals surface area contributed by atoms with Gasteiger partial charge in [0, 0.05) is 11.8 Å². The number of rotatable bonds is 0. The van der Waals surface area contributed by atoms with Gasteiger partial charge in [0.05, 0.1) is 6.20 Å². The molecule has 0 unspecified atom stereocenters. The van der Waals surface area contributed by atoms with E-state index in [1.54, 1.807) is 6.20 Å². The molecule has 0 atom stereocenters. The zero-order chi connectivity index (χ0) is 7.97. The molecule has 0 radical (unpaired) electrons. The summed E-state index contributed by atoms with van der Waals surface area (Å²) in [5.74, 6) is 0.810. The van der Waals surface area contributed by atoms with Gasteiger partial charge < -0.3 is 4.57 Å². The van der Waals surface area contributed by atoms with Crippen LogP contribution in [0.2, 0.25) is 0 Å². The summed E-state index contributed by atoms with van der Waals surface area (Å²) < 4.78 is 1.94. The molecule has 0 N–H and O–H groups in total. The topological polar surface area (TPSA) is 55.4 Å². The Balaban J connectivity index is 2.43. The molecule has 0 aromatic carbocycles. The molecule has 0 saturated heterocycles. The Bertz CT molecular complexity index is 430. The first-order valence-electron chi connectivity index (χ1n) is 3.63. The lowest BCUT2D eigenvalue weighted by atomic mass is 10.2. The van der Waals surface area contributed by atoms with Crippen LogP contribution in [0, 0.1) is 0 Å². The van der Waals surface area contributed by atoms with E-state index in [4.69, 9.17) is 0 Å². The molecule has 58 valence electrons. The van der Waals surface area contributed by atoms with Crippen molar-refractivity contribution in [1.82, 2.24) is 14.8 Å². The third-order valence-electron chi connectivity index (χ3n) is 1.93. The van der Waals surface area contributed by atoms with Gasteiger partial charge in [-0.1, -0.05) is 0 Å². The first-order chi connectivity index (χ1) is 5.95. The second-order valence-corrected chi connectivity index (χ2v) is 2.64. The normalized spacial score (nSPS) is 14.0. The average molecular weight is 159 g/mol. The Labute approximate surface area is 68.1 Å². The Morgan fingerprint density at radius 3 is 3.42 bits per heavy atom. The summed E-state index contributed by atoms with van der Waals surface area (Å²) in [5, 5.41) is 15.7. The van der Waals surface area contributed by atoms with Gasteiger partial charge in [0.15, 0.2) is 5.82 Å². The molecule has 3 rings (SSSR count). The summed E-state index contributed by atoms with van der Waals surface area (Å²) in [4.78, 5) is 0. The van der Waals surface area contributed by atoms with E-state index in [0.717, 1.165) is 17.1 Å². The van der Waals surface area contributed by atoms with Crippen molar-refractivity contribution >= 4 is 5.82 Å². The van der Waals surface area contributed by atoms with E-state index >= 15 is 0 Å². The van der Waals surface area contributed by atoms with E-state index in [1.807, 2.05) is 16.8 Å². The van der Waals surface area contributed by atoms with Gasteiger partial charge >= 0.3 is 0 Å². The van der Waals surface area contributed by atoms with Crippen LogP contribution in [0.15, 0.2) is 28.7 Å². The minimum absolute atomic E-state index is 0.595. The van der Waals surface area contributed by atoms with Gasteiger partial charge in [-0.2, -0.15) is 10.2 Å². The van der Waals surface area contributed by atoms with Crippen molar-refractivity contribution in [2.24, 2.45) is 10.2 Å². The SMILES string of the molecule is c1cn2c(c3nncc1-3)N=NC2. The fourth-order valence-electron chi connectivity index (χ4n) is 1.33. The monoisotopic (exact) mass is 159 g/mol. The second kappa shape index (κ2) is 1.88. The van der Waals surface area contributed by atoms with Gasteiger partial charge in [-0.25, -0.2) is 0 Å². The minimum atomic E-state index is 0.595. The van der Waals surface area contributed by atoms with Crippen LogP contribution < -0.4 is 0 Å². The van der Waals surface area contributed by atoms with Crippen LogP contribution in [0.3, 0.4) is 0 Å². The summed E-state index contributed by atoms with van der Waals surface area (Å²) in [7, 11) is 0. The zero-order valence-electron chi connectivity index (χ0n) is 6.18. The largest absolute Gasteiger partial charge is 0.308 e. The van der Waals surface area contributed by atoms with E-state index in [9.17, 15) is 0 Å². The van der Waals surface area contributed by atoms with Crippen LogP contribution in [-0.4, -0.2) is 14.8 Å². The Morgan fingerprint density at radius 1 is 1.42 bits per heavy atom. The lowest BCUT2D eigenvalue weighted by molar-refractivity contribution is 0.771. The average Bonchev–Trinajstić information content (AvgIpc) is 2.71. The molecule has 0 fully saturated rings. The van der Waals surface area contributed by atoms with Gasteiger partial charge in [0.1, 0.15) is 12.4 Å². The highest BCUT2D eigenvalue weighted by Crippen LogP contribution is 2.32. The summed E-state index contributed by atoms with van der Waals surface area (Å²) in [6.45, 7) is 0.595. The molecule has 3 heterocycles. The first-order valence-corrected chi connectivity index (χ1v) is 3.63. The van der Waals surface area contributed by atoms with Crippen molar-refractivity contribution in [3.05, 3.63) is 18.5 Å². The number of nitrogens with zero attached hydrogens (tertiary/aromatic N) is 5. The van der Waals surface area contributed by atoms with Crippen molar-refractivity contribution in [2.45, 2.75) is 6.67 Å². The highest BCUT2D eigenvalue weighted by molar-refractivity contribution is 5.70. The van der Waals surface area contributed by atoms with Crippen molar-refractivity contribution < 1.29 is 0 Å². The maximum atomic E-state index is 3.99. The maximum absolute atomic E-state index is 3.99. The maximum Gasteiger partial charge on any atom is 0.184 e. The lowest BCUT2D eigenvalue weighted by Crippen LogP contribution is -1.93. The predicted octanol–water partition coefficient (Wildman–Crippen LogP) is 1.44. The van der Waals surface area contributed by atoms with Gasteiger partial charge in [-0.15, -0.1) is 10.2 Å². The standard InChI is InChI=1S/C7H5N5/c1-2-12-4-9-11-7(12)6-5(1)3-8-10-6/h1-3H,4H2. The molecule has 3 aliphatic heterocycles. The molecular formula is C7H5N5. The molecular weight excluding hydrogens is 154 g/mol. The quantitative estimate of drug-likeness (QED) is 0.584. The highest BCUT2D eigenvalue weighted by atomic mass is 15.3. The van der Waals surface area contributed by atoms with E-state index in [-0.39, 0.29) is 0 Å². The van der Waals surface area contributed by atoms with Crippen LogP contribution in [-0.2, 0) is 6.67 Å². The van der Waals surface area contributed by atoms with E-state index < -0.39 is 0 Å². The summed E-state index contributed by atoms with van der Waals surface area (Å²) in [6.07, 6.45) is 3.67. The van der Waals surface area contributed by atoms with Gasteiger partial charge in [-0.3, -0.25) is 0 Å². The molecule has 0 amide bonds. The smallest absolute Gasteiger partial charge is 0.184 e. The molecule has 0 spiro atoms. The Kier molecular flexibility index (Phi) is 0.910. The molecule has 5 heteroatoms. The van der Waals surface area contributed by atoms with Crippen LogP contribution >= 0.6 is 0 Å². The molecule has 0 aromatic rings. The zero-order valence-corrected chi connectivity index (χ0v) is 6.18. The summed E-state index contributed by atoms with van der Waals surface area (Å²) >= 11 is 0. The van der Waals surface area contributed by atoms with E-state index in [0.29, 0.717) is 6.67 Å². The molecule has 0 saturated carbocycles. The fourth-order valence-corrected chi connectivity index (χ4v) is 1.33. The number of fused-ring (bicyclic) bond motifs is 3. The predicted molar refractivity (Wildman–Crippen MR) is 41.2 cm³/mol. The van der Waals surface area contributed by atoms with Crippen molar-refractivity contribution in [1.29, 1.82) is 0 Å².